The lowest BCUT2D eigenvalue weighted by Crippen LogP contribution is -2.30. The first kappa shape index (κ1) is 27.5. The van der Waals surface area contributed by atoms with Crippen LogP contribution in [-0.2, 0) is 22.6 Å². The molecule has 0 spiro atoms. The molecule has 0 bridgehead atoms. The largest absolute Gasteiger partial charge is 0.490 e. The van der Waals surface area contributed by atoms with Gasteiger partial charge in [-0.3, -0.25) is 9.59 Å². The quantitative estimate of drug-likeness (QED) is 0.235. The second-order valence-corrected chi connectivity index (χ2v) is 9.54. The molecule has 0 aliphatic rings. The third-order valence-corrected chi connectivity index (χ3v) is 6.05. The standard InChI is InChI=1S/C31H34N2O4/c1-21(2)16-29(25-9-6-8-22(3)17-25)33-31(35)28-18-23(12-13-24(28)14-15-30(34)36-5)20-37-27-11-7-10-26(19-27)32-4/h6-13,17-19,21,29H,14-16,20H2,1-3,5H3,(H,33,35). The summed E-state index contributed by atoms with van der Waals surface area (Å²) < 4.78 is 10.7. The summed E-state index contributed by atoms with van der Waals surface area (Å²) in [7, 11) is 1.36. The van der Waals surface area contributed by atoms with Gasteiger partial charge in [0.05, 0.1) is 19.7 Å². The number of methoxy groups -OCH3 is 1. The summed E-state index contributed by atoms with van der Waals surface area (Å²) in [5, 5.41) is 3.24. The maximum absolute atomic E-state index is 13.6. The summed E-state index contributed by atoms with van der Waals surface area (Å²) >= 11 is 0. The van der Waals surface area contributed by atoms with Gasteiger partial charge in [0, 0.05) is 12.0 Å². The average Bonchev–Trinajstić information content (AvgIpc) is 2.90. The number of nitrogens with one attached hydrogen (secondary N) is 1. The molecule has 3 aromatic rings. The second kappa shape index (κ2) is 13.3. The van der Waals surface area contributed by atoms with Gasteiger partial charge in [-0.1, -0.05) is 67.9 Å². The number of rotatable bonds is 11. The van der Waals surface area contributed by atoms with E-state index in [0.29, 0.717) is 29.3 Å². The molecule has 0 saturated heterocycles. The van der Waals surface area contributed by atoms with Crippen LogP contribution in [0.1, 0.15) is 65.3 Å². The molecule has 0 heterocycles. The SMILES string of the molecule is [C-]#[N+]c1cccc(OCc2ccc(CCC(=O)OC)c(C(=O)NC(CC(C)C)c3cccc(C)c3)c2)c1. The van der Waals surface area contributed by atoms with Crippen LogP contribution in [0.2, 0.25) is 0 Å². The van der Waals surface area contributed by atoms with E-state index in [-0.39, 0.29) is 30.9 Å². The summed E-state index contributed by atoms with van der Waals surface area (Å²) in [5.41, 5.74) is 4.81. The van der Waals surface area contributed by atoms with Crippen LogP contribution in [0.3, 0.4) is 0 Å². The van der Waals surface area contributed by atoms with E-state index in [9.17, 15) is 9.59 Å². The van der Waals surface area contributed by atoms with Crippen molar-refractivity contribution < 1.29 is 19.1 Å². The van der Waals surface area contributed by atoms with Crippen molar-refractivity contribution in [3.05, 3.63) is 106 Å². The highest BCUT2D eigenvalue weighted by atomic mass is 16.5. The lowest BCUT2D eigenvalue weighted by atomic mass is 9.94. The Labute approximate surface area is 219 Å². The van der Waals surface area contributed by atoms with E-state index >= 15 is 0 Å². The highest BCUT2D eigenvalue weighted by Crippen LogP contribution is 2.25. The van der Waals surface area contributed by atoms with Crippen LogP contribution in [0.25, 0.3) is 4.85 Å². The van der Waals surface area contributed by atoms with Gasteiger partial charge in [-0.05, 0) is 60.6 Å². The highest BCUT2D eigenvalue weighted by molar-refractivity contribution is 5.96. The maximum atomic E-state index is 13.6. The zero-order chi connectivity index (χ0) is 26.8. The molecule has 0 fully saturated rings. The number of esters is 1. The molecule has 1 atom stereocenters. The minimum atomic E-state index is -0.323. The molecule has 3 rings (SSSR count). The number of carbonyl (C=O) groups is 2. The fraction of sp³-hybridized carbons (Fsp3) is 0.323. The Morgan fingerprint density at radius 3 is 2.51 bits per heavy atom. The molecule has 192 valence electrons. The molecule has 1 unspecified atom stereocenters. The summed E-state index contributed by atoms with van der Waals surface area (Å²) in [6.07, 6.45) is 1.37. The number of hydrogen-bond acceptors (Lipinski definition) is 4. The van der Waals surface area contributed by atoms with Gasteiger partial charge >= 0.3 is 5.97 Å². The number of amides is 1. The molecule has 6 heteroatoms. The van der Waals surface area contributed by atoms with Crippen molar-refractivity contribution in [1.82, 2.24) is 5.32 Å². The van der Waals surface area contributed by atoms with E-state index in [4.69, 9.17) is 16.0 Å². The fourth-order valence-electron chi connectivity index (χ4n) is 4.16. The minimum absolute atomic E-state index is 0.142. The summed E-state index contributed by atoms with van der Waals surface area (Å²) in [4.78, 5) is 28.9. The van der Waals surface area contributed by atoms with Gasteiger partial charge in [0.15, 0.2) is 5.69 Å². The molecular weight excluding hydrogens is 464 g/mol. The third kappa shape index (κ3) is 8.22. The molecule has 37 heavy (non-hydrogen) atoms. The third-order valence-electron chi connectivity index (χ3n) is 6.05. The first-order valence-corrected chi connectivity index (χ1v) is 12.5. The Balaban J connectivity index is 1.87. The predicted octanol–water partition coefficient (Wildman–Crippen LogP) is 6.75. The fourth-order valence-corrected chi connectivity index (χ4v) is 4.16. The van der Waals surface area contributed by atoms with Gasteiger partial charge in [-0.25, -0.2) is 4.85 Å². The van der Waals surface area contributed by atoms with E-state index in [2.05, 4.69) is 30.1 Å². The highest BCUT2D eigenvalue weighted by Gasteiger charge is 2.20. The van der Waals surface area contributed by atoms with E-state index < -0.39 is 0 Å². The van der Waals surface area contributed by atoms with Gasteiger partial charge in [0.1, 0.15) is 12.4 Å². The molecule has 0 aromatic heterocycles. The van der Waals surface area contributed by atoms with Crippen LogP contribution in [0.15, 0.2) is 66.7 Å². The van der Waals surface area contributed by atoms with Crippen molar-refractivity contribution in [3.8, 4) is 5.75 Å². The zero-order valence-electron chi connectivity index (χ0n) is 21.9. The molecule has 1 amide bonds. The maximum Gasteiger partial charge on any atom is 0.305 e. The van der Waals surface area contributed by atoms with Crippen molar-refractivity contribution in [2.75, 3.05) is 7.11 Å². The number of carbonyl (C=O) groups excluding carboxylic acids is 2. The number of aryl methyl sites for hydroxylation is 2. The molecule has 3 aromatic carbocycles. The first-order valence-electron chi connectivity index (χ1n) is 12.5. The molecular formula is C31H34N2O4. The number of nitrogens with zero attached hydrogens (tertiary/aromatic N) is 1. The first-order chi connectivity index (χ1) is 17.8. The summed E-state index contributed by atoms with van der Waals surface area (Å²) in [6, 6.07) is 20.6. The zero-order valence-corrected chi connectivity index (χ0v) is 21.9. The molecule has 0 aliphatic carbocycles. The predicted molar refractivity (Wildman–Crippen MR) is 145 cm³/mol. The number of ether oxygens (including phenoxy) is 2. The number of benzene rings is 3. The van der Waals surface area contributed by atoms with Crippen molar-refractivity contribution in [2.24, 2.45) is 5.92 Å². The normalized spacial score (nSPS) is 11.5. The van der Waals surface area contributed by atoms with Gasteiger partial charge in [-0.15, -0.1) is 0 Å². The Hall–Kier alpha value is -4.11. The Morgan fingerprint density at radius 2 is 1.81 bits per heavy atom. The van der Waals surface area contributed by atoms with Gasteiger partial charge in [-0.2, -0.15) is 0 Å². The van der Waals surface area contributed by atoms with Crippen molar-refractivity contribution >= 4 is 17.6 Å². The van der Waals surface area contributed by atoms with Crippen LogP contribution < -0.4 is 10.1 Å². The van der Waals surface area contributed by atoms with Crippen LogP contribution in [0.5, 0.6) is 5.75 Å². The van der Waals surface area contributed by atoms with Gasteiger partial charge < -0.3 is 14.8 Å². The van der Waals surface area contributed by atoms with E-state index in [1.807, 2.05) is 43.3 Å². The van der Waals surface area contributed by atoms with Gasteiger partial charge in [0.2, 0.25) is 0 Å². The molecule has 0 aliphatic heterocycles. The average molecular weight is 499 g/mol. The van der Waals surface area contributed by atoms with Crippen LogP contribution in [0, 0.1) is 19.4 Å². The smallest absolute Gasteiger partial charge is 0.305 e. The van der Waals surface area contributed by atoms with Crippen molar-refractivity contribution in [1.29, 1.82) is 0 Å². The van der Waals surface area contributed by atoms with E-state index in [1.165, 1.54) is 7.11 Å². The van der Waals surface area contributed by atoms with Gasteiger partial charge in [0.25, 0.3) is 5.91 Å². The van der Waals surface area contributed by atoms with Crippen LogP contribution in [0.4, 0.5) is 5.69 Å². The van der Waals surface area contributed by atoms with E-state index in [1.54, 1.807) is 24.3 Å². The molecule has 0 saturated carbocycles. The molecule has 0 radical (unpaired) electrons. The van der Waals surface area contributed by atoms with Crippen molar-refractivity contribution in [2.45, 2.75) is 52.7 Å². The lowest BCUT2D eigenvalue weighted by molar-refractivity contribution is -0.140. The molecule has 1 N–H and O–H groups in total. The summed E-state index contributed by atoms with van der Waals surface area (Å²) in [6.45, 7) is 13.7. The van der Waals surface area contributed by atoms with Crippen molar-refractivity contribution in [3.63, 3.8) is 0 Å². The Bertz CT molecular complexity index is 1280. The monoisotopic (exact) mass is 498 g/mol. The number of hydrogen-bond donors (Lipinski definition) is 1. The Kier molecular flexibility index (Phi) is 9.85. The Morgan fingerprint density at radius 1 is 1.03 bits per heavy atom. The molecule has 6 nitrogen and oxygen atoms in total. The van der Waals surface area contributed by atoms with E-state index in [0.717, 1.165) is 28.7 Å². The summed E-state index contributed by atoms with van der Waals surface area (Å²) in [5.74, 6) is 0.459. The van der Waals surface area contributed by atoms with Crippen LogP contribution >= 0.6 is 0 Å². The minimum Gasteiger partial charge on any atom is -0.490 e. The topological polar surface area (TPSA) is 69.0 Å². The second-order valence-electron chi connectivity index (χ2n) is 9.54. The van der Waals surface area contributed by atoms with Crippen LogP contribution in [-0.4, -0.2) is 19.0 Å². The lowest BCUT2D eigenvalue weighted by Gasteiger charge is -2.23.